The van der Waals surface area contributed by atoms with Crippen molar-refractivity contribution in [3.63, 3.8) is 0 Å². The van der Waals surface area contributed by atoms with Crippen molar-refractivity contribution in [1.82, 2.24) is 4.90 Å². The minimum Gasteiger partial charge on any atom is -0.497 e. The number of methoxy groups -OCH3 is 1. The van der Waals surface area contributed by atoms with Crippen molar-refractivity contribution in [3.8, 4) is 5.75 Å². The van der Waals surface area contributed by atoms with Crippen LogP contribution in [0.4, 0.5) is 0 Å². The Kier molecular flexibility index (Phi) is 5.07. The number of rotatable bonds is 7. The highest BCUT2D eigenvalue weighted by atomic mass is 16.5. The van der Waals surface area contributed by atoms with Crippen LogP contribution in [0, 0.1) is 11.8 Å². The molecule has 1 saturated carbocycles. The lowest BCUT2D eigenvalue weighted by molar-refractivity contribution is -0.138. The summed E-state index contributed by atoms with van der Waals surface area (Å²) in [5.74, 6) is 1.37. The molecule has 5 heteroatoms. The molecule has 5 nitrogen and oxygen atoms in total. The van der Waals surface area contributed by atoms with Gasteiger partial charge in [0, 0.05) is 24.9 Å². The molecule has 2 atom stereocenters. The molecule has 2 fully saturated rings. The minimum absolute atomic E-state index is 0.0229. The average Bonchev–Trinajstić information content (AvgIpc) is 3.36. The van der Waals surface area contributed by atoms with Crippen molar-refractivity contribution in [2.24, 2.45) is 11.8 Å². The Bertz CT molecular complexity index is 594. The standard InChI is InChI=1S/C19H25NO4/c1-13(16-5-6-16)20(11-14-3-7-17(23-2)8-4-14)18(21)9-15-10-19(22)24-12-15/h3-4,7-8,13,15-16H,5-6,9-12H2,1-2H3. The Morgan fingerprint density at radius 3 is 2.58 bits per heavy atom. The summed E-state index contributed by atoms with van der Waals surface area (Å²) in [6, 6.07) is 8.08. The van der Waals surface area contributed by atoms with Crippen LogP contribution < -0.4 is 4.74 Å². The van der Waals surface area contributed by atoms with Crippen LogP contribution in [0.5, 0.6) is 5.75 Å². The molecule has 0 aromatic heterocycles. The van der Waals surface area contributed by atoms with E-state index in [1.165, 1.54) is 12.8 Å². The zero-order valence-corrected chi connectivity index (χ0v) is 14.4. The van der Waals surface area contributed by atoms with E-state index in [4.69, 9.17) is 9.47 Å². The summed E-state index contributed by atoms with van der Waals surface area (Å²) < 4.78 is 10.2. The largest absolute Gasteiger partial charge is 0.497 e. The van der Waals surface area contributed by atoms with Crippen molar-refractivity contribution in [1.29, 1.82) is 0 Å². The van der Waals surface area contributed by atoms with Gasteiger partial charge in [-0.15, -0.1) is 0 Å². The Balaban J connectivity index is 1.67. The highest BCUT2D eigenvalue weighted by molar-refractivity contribution is 5.79. The molecule has 1 aliphatic carbocycles. The van der Waals surface area contributed by atoms with Crippen LogP contribution in [0.2, 0.25) is 0 Å². The van der Waals surface area contributed by atoms with Crippen LogP contribution in [-0.2, 0) is 20.9 Å². The van der Waals surface area contributed by atoms with Gasteiger partial charge in [-0.1, -0.05) is 12.1 Å². The van der Waals surface area contributed by atoms with E-state index in [9.17, 15) is 9.59 Å². The van der Waals surface area contributed by atoms with E-state index in [-0.39, 0.29) is 23.8 Å². The second-order valence-electron chi connectivity index (χ2n) is 6.91. The first kappa shape index (κ1) is 16.8. The number of cyclic esters (lactones) is 1. The molecule has 1 aromatic rings. The molecule has 1 aromatic carbocycles. The molecule has 1 aliphatic heterocycles. The topological polar surface area (TPSA) is 55.8 Å². The summed E-state index contributed by atoms with van der Waals surface area (Å²) in [5.41, 5.74) is 1.09. The maximum Gasteiger partial charge on any atom is 0.306 e. The van der Waals surface area contributed by atoms with Crippen LogP contribution in [0.3, 0.4) is 0 Å². The van der Waals surface area contributed by atoms with E-state index in [0.717, 1.165) is 11.3 Å². The maximum atomic E-state index is 12.8. The predicted octanol–water partition coefficient (Wildman–Crippen LogP) is 2.78. The number of benzene rings is 1. The number of hydrogen-bond donors (Lipinski definition) is 0. The van der Waals surface area contributed by atoms with Gasteiger partial charge in [-0.05, 0) is 43.4 Å². The summed E-state index contributed by atoms with van der Waals surface area (Å²) in [6.07, 6.45) is 3.13. The molecule has 2 aliphatic rings. The third kappa shape index (κ3) is 4.08. The first-order valence-corrected chi connectivity index (χ1v) is 8.65. The van der Waals surface area contributed by atoms with Gasteiger partial charge in [0.15, 0.2) is 0 Å². The van der Waals surface area contributed by atoms with Gasteiger partial charge in [0.1, 0.15) is 5.75 Å². The van der Waals surface area contributed by atoms with Gasteiger partial charge in [-0.3, -0.25) is 9.59 Å². The molecular weight excluding hydrogens is 306 g/mol. The molecule has 24 heavy (non-hydrogen) atoms. The van der Waals surface area contributed by atoms with Crippen molar-refractivity contribution in [2.45, 2.75) is 45.2 Å². The average molecular weight is 331 g/mol. The summed E-state index contributed by atoms with van der Waals surface area (Å²) in [7, 11) is 1.64. The van der Waals surface area contributed by atoms with Gasteiger partial charge in [-0.25, -0.2) is 0 Å². The van der Waals surface area contributed by atoms with Gasteiger partial charge in [0.2, 0.25) is 5.91 Å². The first-order chi connectivity index (χ1) is 11.6. The Labute approximate surface area is 142 Å². The van der Waals surface area contributed by atoms with Gasteiger partial charge in [0.25, 0.3) is 0 Å². The fourth-order valence-electron chi connectivity index (χ4n) is 3.28. The van der Waals surface area contributed by atoms with Crippen LogP contribution in [0.15, 0.2) is 24.3 Å². The monoisotopic (exact) mass is 331 g/mol. The van der Waals surface area contributed by atoms with E-state index in [1.807, 2.05) is 29.2 Å². The molecule has 0 radical (unpaired) electrons. The normalized spacial score (nSPS) is 21.2. The first-order valence-electron chi connectivity index (χ1n) is 8.65. The zero-order valence-electron chi connectivity index (χ0n) is 14.4. The van der Waals surface area contributed by atoms with Crippen molar-refractivity contribution >= 4 is 11.9 Å². The fraction of sp³-hybridized carbons (Fsp3) is 0.579. The van der Waals surface area contributed by atoms with Gasteiger partial charge in [0.05, 0.1) is 20.1 Å². The molecule has 0 bridgehead atoms. The number of amides is 1. The number of ether oxygens (including phenoxy) is 2. The van der Waals surface area contributed by atoms with Crippen LogP contribution in [-0.4, -0.2) is 36.5 Å². The molecular formula is C19H25NO4. The molecule has 0 spiro atoms. The maximum absolute atomic E-state index is 12.8. The lowest BCUT2D eigenvalue weighted by Crippen LogP contribution is -2.40. The third-order valence-electron chi connectivity index (χ3n) is 5.03. The van der Waals surface area contributed by atoms with E-state index in [1.54, 1.807) is 7.11 Å². The number of carbonyl (C=O) groups is 2. The lowest BCUT2D eigenvalue weighted by Gasteiger charge is -2.30. The minimum atomic E-state index is -0.190. The molecule has 1 amide bonds. The van der Waals surface area contributed by atoms with Crippen LogP contribution in [0.1, 0.15) is 38.2 Å². The van der Waals surface area contributed by atoms with E-state index >= 15 is 0 Å². The molecule has 2 unspecified atom stereocenters. The van der Waals surface area contributed by atoms with E-state index in [0.29, 0.717) is 31.9 Å². The van der Waals surface area contributed by atoms with Crippen molar-refractivity contribution in [3.05, 3.63) is 29.8 Å². The summed E-state index contributed by atoms with van der Waals surface area (Å²) >= 11 is 0. The van der Waals surface area contributed by atoms with Crippen LogP contribution >= 0.6 is 0 Å². The number of hydrogen-bond acceptors (Lipinski definition) is 4. The molecule has 1 saturated heterocycles. The summed E-state index contributed by atoms with van der Waals surface area (Å²) in [5, 5.41) is 0. The smallest absolute Gasteiger partial charge is 0.306 e. The second-order valence-corrected chi connectivity index (χ2v) is 6.91. The molecule has 3 rings (SSSR count). The number of nitrogens with zero attached hydrogens (tertiary/aromatic N) is 1. The quantitative estimate of drug-likeness (QED) is 0.721. The Morgan fingerprint density at radius 1 is 1.33 bits per heavy atom. The van der Waals surface area contributed by atoms with E-state index < -0.39 is 0 Å². The van der Waals surface area contributed by atoms with Crippen molar-refractivity contribution < 1.29 is 19.1 Å². The highest BCUT2D eigenvalue weighted by Gasteiger charge is 2.36. The van der Waals surface area contributed by atoms with Gasteiger partial charge in [-0.2, -0.15) is 0 Å². The Morgan fingerprint density at radius 2 is 2.04 bits per heavy atom. The fourth-order valence-corrected chi connectivity index (χ4v) is 3.28. The molecule has 130 valence electrons. The van der Waals surface area contributed by atoms with Gasteiger partial charge < -0.3 is 14.4 Å². The second kappa shape index (κ2) is 7.24. The van der Waals surface area contributed by atoms with E-state index in [2.05, 4.69) is 6.92 Å². The zero-order chi connectivity index (χ0) is 17.1. The number of esters is 1. The predicted molar refractivity (Wildman–Crippen MR) is 89.4 cm³/mol. The molecule has 0 N–H and O–H groups in total. The Hall–Kier alpha value is -2.04. The van der Waals surface area contributed by atoms with Crippen molar-refractivity contribution in [2.75, 3.05) is 13.7 Å². The van der Waals surface area contributed by atoms with Gasteiger partial charge >= 0.3 is 5.97 Å². The third-order valence-corrected chi connectivity index (χ3v) is 5.03. The lowest BCUT2D eigenvalue weighted by atomic mass is 10.0. The molecule has 1 heterocycles. The summed E-state index contributed by atoms with van der Waals surface area (Å²) in [4.78, 5) is 26.1. The number of carbonyl (C=O) groups excluding carboxylic acids is 2. The van der Waals surface area contributed by atoms with Crippen LogP contribution in [0.25, 0.3) is 0 Å². The highest BCUT2D eigenvalue weighted by Crippen LogP contribution is 2.36. The summed E-state index contributed by atoms with van der Waals surface area (Å²) in [6.45, 7) is 3.11. The SMILES string of the molecule is COc1ccc(CN(C(=O)CC2COC(=O)C2)C(C)C2CC2)cc1.